The van der Waals surface area contributed by atoms with Gasteiger partial charge >= 0.3 is 0 Å². The van der Waals surface area contributed by atoms with E-state index in [1.54, 1.807) is 11.3 Å². The highest BCUT2D eigenvalue weighted by Gasteiger charge is 2.23. The van der Waals surface area contributed by atoms with E-state index in [0.717, 1.165) is 11.3 Å². The number of aliphatic hydroxyl groups is 1. The molecule has 0 aliphatic heterocycles. The molecule has 0 radical (unpaired) electrons. The lowest BCUT2D eigenvalue weighted by Gasteiger charge is -2.16. The molecule has 84 valence electrons. The Morgan fingerprint density at radius 1 is 1.60 bits per heavy atom. The van der Waals surface area contributed by atoms with Crippen LogP contribution in [0.4, 0.5) is 0 Å². The Bertz CT molecular complexity index is 339. The van der Waals surface area contributed by atoms with Crippen molar-refractivity contribution in [2.45, 2.75) is 39.3 Å². The third kappa shape index (κ3) is 3.32. The number of carbonyl (C=O) groups is 1. The zero-order chi connectivity index (χ0) is 11.5. The van der Waals surface area contributed by atoms with Crippen LogP contribution in [-0.4, -0.2) is 16.6 Å². The quantitative estimate of drug-likeness (QED) is 0.822. The molecular formula is C11H17NO2S. The molecule has 0 saturated heterocycles. The molecule has 0 aromatic carbocycles. The third-order valence-corrected chi connectivity index (χ3v) is 3.15. The topological polar surface area (TPSA) is 49.3 Å². The van der Waals surface area contributed by atoms with Gasteiger partial charge in [0.2, 0.25) is 0 Å². The fourth-order valence-electron chi connectivity index (χ4n) is 1.21. The van der Waals surface area contributed by atoms with Crippen molar-refractivity contribution in [3.63, 3.8) is 0 Å². The van der Waals surface area contributed by atoms with Crippen LogP contribution in [0.3, 0.4) is 0 Å². The number of amides is 1. The maximum atomic E-state index is 11.4. The highest BCUT2D eigenvalue weighted by Crippen LogP contribution is 2.17. The van der Waals surface area contributed by atoms with Gasteiger partial charge in [0.05, 0.1) is 6.54 Å². The van der Waals surface area contributed by atoms with Gasteiger partial charge < -0.3 is 10.4 Å². The van der Waals surface area contributed by atoms with Crippen LogP contribution in [0.25, 0.3) is 0 Å². The van der Waals surface area contributed by atoms with Crippen molar-refractivity contribution in [3.8, 4) is 0 Å². The molecule has 3 nitrogen and oxygen atoms in total. The molecule has 1 rings (SSSR count). The second kappa shape index (κ2) is 4.77. The van der Waals surface area contributed by atoms with Crippen LogP contribution < -0.4 is 5.32 Å². The lowest BCUT2D eigenvalue weighted by molar-refractivity contribution is -0.136. The Labute approximate surface area is 94.1 Å². The minimum absolute atomic E-state index is 0.335. The zero-order valence-electron chi connectivity index (χ0n) is 9.33. The number of rotatable bonds is 4. The van der Waals surface area contributed by atoms with Gasteiger partial charge in [-0.2, -0.15) is 0 Å². The summed E-state index contributed by atoms with van der Waals surface area (Å²) in [5.74, 6) is -0.335. The van der Waals surface area contributed by atoms with E-state index in [-0.39, 0.29) is 5.91 Å². The smallest absolute Gasteiger partial charge is 0.251 e. The van der Waals surface area contributed by atoms with E-state index in [9.17, 15) is 9.90 Å². The average Bonchev–Trinajstić information content (AvgIpc) is 2.59. The number of thiophene rings is 1. The van der Waals surface area contributed by atoms with Crippen LogP contribution in [0.1, 0.15) is 31.2 Å². The first-order valence-electron chi connectivity index (χ1n) is 5.01. The van der Waals surface area contributed by atoms with Gasteiger partial charge in [0.15, 0.2) is 0 Å². The summed E-state index contributed by atoms with van der Waals surface area (Å²) >= 11 is 1.63. The second-order valence-electron chi connectivity index (χ2n) is 3.96. The van der Waals surface area contributed by atoms with Gasteiger partial charge in [0.1, 0.15) is 5.60 Å². The molecule has 0 saturated carbocycles. The molecule has 1 heterocycles. The number of hydrogen-bond acceptors (Lipinski definition) is 3. The van der Waals surface area contributed by atoms with Gasteiger partial charge in [-0.3, -0.25) is 4.79 Å². The highest BCUT2D eigenvalue weighted by atomic mass is 32.1. The Morgan fingerprint density at radius 2 is 2.27 bits per heavy atom. The van der Waals surface area contributed by atoms with E-state index in [0.29, 0.717) is 6.54 Å². The van der Waals surface area contributed by atoms with Crippen molar-refractivity contribution in [1.29, 1.82) is 0 Å². The number of carbonyl (C=O) groups excluding carboxylic acids is 1. The molecule has 4 heteroatoms. The summed E-state index contributed by atoms with van der Waals surface area (Å²) in [4.78, 5) is 12.6. The van der Waals surface area contributed by atoms with Crippen molar-refractivity contribution in [2.24, 2.45) is 0 Å². The van der Waals surface area contributed by atoms with E-state index < -0.39 is 5.60 Å². The van der Waals surface area contributed by atoms with Crippen LogP contribution in [0.5, 0.6) is 0 Å². The van der Waals surface area contributed by atoms with Crippen molar-refractivity contribution >= 4 is 17.2 Å². The predicted molar refractivity (Wildman–Crippen MR) is 61.8 cm³/mol. The molecule has 0 fully saturated rings. The number of hydrogen-bond donors (Lipinski definition) is 2. The van der Waals surface area contributed by atoms with Crippen LogP contribution in [-0.2, 0) is 17.8 Å². The van der Waals surface area contributed by atoms with E-state index >= 15 is 0 Å². The Morgan fingerprint density at radius 3 is 2.80 bits per heavy atom. The van der Waals surface area contributed by atoms with Crippen LogP contribution in [0, 0.1) is 0 Å². The summed E-state index contributed by atoms with van der Waals surface area (Å²) in [7, 11) is 0. The average molecular weight is 227 g/mol. The van der Waals surface area contributed by atoms with E-state index in [1.165, 1.54) is 19.4 Å². The zero-order valence-corrected chi connectivity index (χ0v) is 10.1. The number of aryl methyl sites for hydroxylation is 1. The predicted octanol–water partition coefficient (Wildman–Crippen LogP) is 1.70. The molecule has 0 unspecified atom stereocenters. The largest absolute Gasteiger partial charge is 0.381 e. The fourth-order valence-corrected chi connectivity index (χ4v) is 2.13. The molecule has 2 N–H and O–H groups in total. The fraction of sp³-hybridized carbons (Fsp3) is 0.545. The van der Waals surface area contributed by atoms with Crippen molar-refractivity contribution in [2.75, 3.05) is 0 Å². The second-order valence-corrected chi connectivity index (χ2v) is 4.96. The van der Waals surface area contributed by atoms with Crippen molar-refractivity contribution in [3.05, 3.63) is 21.9 Å². The summed E-state index contributed by atoms with van der Waals surface area (Å²) in [6.45, 7) is 5.56. The van der Waals surface area contributed by atoms with Gasteiger partial charge in [0, 0.05) is 4.88 Å². The van der Waals surface area contributed by atoms with Gasteiger partial charge in [-0.15, -0.1) is 11.3 Å². The van der Waals surface area contributed by atoms with Crippen LogP contribution in [0.15, 0.2) is 11.4 Å². The molecule has 1 aromatic rings. The summed E-state index contributed by atoms with van der Waals surface area (Å²) in [6.07, 6.45) is 0.969. The van der Waals surface area contributed by atoms with Gasteiger partial charge in [-0.25, -0.2) is 0 Å². The molecule has 0 aliphatic rings. The first kappa shape index (κ1) is 12.2. The normalized spacial score (nSPS) is 11.5. The Kier molecular flexibility index (Phi) is 3.88. The lowest BCUT2D eigenvalue weighted by atomic mass is 10.1. The molecule has 0 aliphatic carbocycles. The van der Waals surface area contributed by atoms with Gasteiger partial charge in [-0.1, -0.05) is 6.92 Å². The third-order valence-electron chi connectivity index (χ3n) is 2.18. The number of nitrogens with one attached hydrogen (secondary N) is 1. The van der Waals surface area contributed by atoms with Gasteiger partial charge in [-0.05, 0) is 37.3 Å². The maximum Gasteiger partial charge on any atom is 0.251 e. The van der Waals surface area contributed by atoms with E-state index in [2.05, 4.69) is 18.3 Å². The molecule has 1 amide bonds. The molecule has 1 aromatic heterocycles. The first-order chi connectivity index (χ1) is 6.95. The van der Waals surface area contributed by atoms with Crippen molar-refractivity contribution < 1.29 is 9.90 Å². The summed E-state index contributed by atoms with van der Waals surface area (Å²) in [6, 6.07) is 2.07. The van der Waals surface area contributed by atoms with E-state index in [4.69, 9.17) is 0 Å². The molecule has 15 heavy (non-hydrogen) atoms. The molecule has 0 spiro atoms. The Balaban J connectivity index is 2.54. The Hall–Kier alpha value is -0.870. The first-order valence-corrected chi connectivity index (χ1v) is 5.89. The summed E-state index contributed by atoms with van der Waals surface area (Å²) in [5, 5.41) is 14.2. The molecule has 0 bridgehead atoms. The van der Waals surface area contributed by atoms with Crippen LogP contribution >= 0.6 is 11.3 Å². The highest BCUT2D eigenvalue weighted by molar-refractivity contribution is 7.10. The summed E-state index contributed by atoms with van der Waals surface area (Å²) in [5.41, 5.74) is -0.0417. The van der Waals surface area contributed by atoms with E-state index in [1.807, 2.05) is 5.38 Å². The SMILES string of the molecule is CCc1ccsc1CNC(=O)C(C)(C)O. The standard InChI is InChI=1S/C11H17NO2S/c1-4-8-5-6-15-9(8)7-12-10(13)11(2,3)14/h5-6,14H,4,7H2,1-3H3,(H,12,13). The maximum absolute atomic E-state index is 11.4. The molecular weight excluding hydrogens is 210 g/mol. The molecule has 0 atom stereocenters. The van der Waals surface area contributed by atoms with Crippen LogP contribution in [0.2, 0.25) is 0 Å². The minimum Gasteiger partial charge on any atom is -0.381 e. The monoisotopic (exact) mass is 227 g/mol. The van der Waals surface area contributed by atoms with Crippen molar-refractivity contribution in [1.82, 2.24) is 5.32 Å². The van der Waals surface area contributed by atoms with Gasteiger partial charge in [0.25, 0.3) is 5.91 Å². The minimum atomic E-state index is -1.30. The summed E-state index contributed by atoms with van der Waals surface area (Å²) < 4.78 is 0. The lowest BCUT2D eigenvalue weighted by Crippen LogP contribution is -2.41.